The molecular weight excluding hydrogens is 210 g/mol. The Labute approximate surface area is 91.2 Å². The van der Waals surface area contributed by atoms with E-state index in [-0.39, 0.29) is 11.7 Å². The van der Waals surface area contributed by atoms with Gasteiger partial charge in [-0.2, -0.15) is 0 Å². The van der Waals surface area contributed by atoms with Crippen LogP contribution in [0.15, 0.2) is 30.3 Å². The van der Waals surface area contributed by atoms with E-state index in [2.05, 4.69) is 0 Å². The van der Waals surface area contributed by atoms with Crippen LogP contribution in [0.3, 0.4) is 0 Å². The minimum atomic E-state index is -2.89. The minimum Gasteiger partial charge on any atom is -0.330 e. The summed E-state index contributed by atoms with van der Waals surface area (Å²) < 4.78 is 22.1. The number of hydrogen-bond donors (Lipinski definition) is 1. The third-order valence-electron chi connectivity index (χ3n) is 2.39. The van der Waals surface area contributed by atoms with Crippen LogP contribution >= 0.6 is 0 Å². The fourth-order valence-electron chi connectivity index (χ4n) is 1.50. The number of rotatable bonds is 5. The first-order valence-electron chi connectivity index (χ1n) is 4.95. The molecule has 0 saturated heterocycles. The third kappa shape index (κ3) is 4.44. The van der Waals surface area contributed by atoms with Crippen LogP contribution in [-0.4, -0.2) is 27.0 Å². The van der Waals surface area contributed by atoms with Gasteiger partial charge in [-0.1, -0.05) is 30.3 Å². The van der Waals surface area contributed by atoms with Crippen molar-refractivity contribution in [2.24, 2.45) is 5.73 Å². The highest BCUT2D eigenvalue weighted by molar-refractivity contribution is 7.90. The molecule has 84 valence electrons. The Balaban J connectivity index is 2.66. The Morgan fingerprint density at radius 1 is 1.27 bits per heavy atom. The molecule has 0 amide bonds. The molecule has 0 spiro atoms. The van der Waals surface area contributed by atoms with E-state index in [4.69, 9.17) is 5.73 Å². The molecule has 2 N–H and O–H groups in total. The van der Waals surface area contributed by atoms with Crippen LogP contribution in [0.5, 0.6) is 0 Å². The van der Waals surface area contributed by atoms with Gasteiger partial charge in [0.15, 0.2) is 0 Å². The standard InChI is InChI=1S/C11H17NO2S/c1-15(13,14)8-7-11(9-12)10-5-3-2-4-6-10/h2-6,11H,7-9,12H2,1H3. The third-order valence-corrected chi connectivity index (χ3v) is 3.37. The van der Waals surface area contributed by atoms with Gasteiger partial charge in [0.1, 0.15) is 9.84 Å². The number of nitrogens with two attached hydrogens (primary N) is 1. The SMILES string of the molecule is CS(=O)(=O)CCC(CN)c1ccccc1. The molecule has 15 heavy (non-hydrogen) atoms. The summed E-state index contributed by atoms with van der Waals surface area (Å²) in [5.41, 5.74) is 6.75. The van der Waals surface area contributed by atoms with Crippen molar-refractivity contribution in [1.29, 1.82) is 0 Å². The average molecular weight is 227 g/mol. The lowest BCUT2D eigenvalue weighted by Gasteiger charge is -2.14. The van der Waals surface area contributed by atoms with Crippen LogP contribution in [-0.2, 0) is 9.84 Å². The van der Waals surface area contributed by atoms with E-state index in [1.54, 1.807) is 0 Å². The van der Waals surface area contributed by atoms with Gasteiger partial charge in [0.2, 0.25) is 0 Å². The van der Waals surface area contributed by atoms with E-state index >= 15 is 0 Å². The molecule has 1 atom stereocenters. The van der Waals surface area contributed by atoms with Crippen molar-refractivity contribution in [3.8, 4) is 0 Å². The zero-order valence-electron chi connectivity index (χ0n) is 8.89. The Morgan fingerprint density at radius 2 is 1.87 bits per heavy atom. The molecule has 0 aliphatic rings. The fraction of sp³-hybridized carbons (Fsp3) is 0.455. The molecular formula is C11H17NO2S. The van der Waals surface area contributed by atoms with Crippen LogP contribution in [0.1, 0.15) is 17.9 Å². The predicted octanol–water partition coefficient (Wildman–Crippen LogP) is 1.16. The van der Waals surface area contributed by atoms with Crippen molar-refractivity contribution in [2.45, 2.75) is 12.3 Å². The monoisotopic (exact) mass is 227 g/mol. The van der Waals surface area contributed by atoms with Gasteiger partial charge in [0.25, 0.3) is 0 Å². The van der Waals surface area contributed by atoms with Crippen LogP contribution < -0.4 is 5.73 Å². The molecule has 0 radical (unpaired) electrons. The first-order valence-corrected chi connectivity index (χ1v) is 7.01. The van der Waals surface area contributed by atoms with Gasteiger partial charge in [0.05, 0.1) is 5.75 Å². The maximum absolute atomic E-state index is 11.0. The van der Waals surface area contributed by atoms with Crippen molar-refractivity contribution < 1.29 is 8.42 Å². The van der Waals surface area contributed by atoms with E-state index in [1.165, 1.54) is 6.26 Å². The minimum absolute atomic E-state index is 0.140. The Bertz CT molecular complexity index is 386. The van der Waals surface area contributed by atoms with Crippen LogP contribution in [0.4, 0.5) is 0 Å². The van der Waals surface area contributed by atoms with Crippen molar-refractivity contribution in [3.63, 3.8) is 0 Å². The molecule has 0 fully saturated rings. The van der Waals surface area contributed by atoms with E-state index in [0.29, 0.717) is 13.0 Å². The highest BCUT2D eigenvalue weighted by atomic mass is 32.2. The molecule has 1 unspecified atom stereocenters. The van der Waals surface area contributed by atoms with Gasteiger partial charge in [-0.3, -0.25) is 0 Å². The highest BCUT2D eigenvalue weighted by Gasteiger charge is 2.12. The predicted molar refractivity (Wildman–Crippen MR) is 62.6 cm³/mol. The fourth-order valence-corrected chi connectivity index (χ4v) is 2.21. The topological polar surface area (TPSA) is 60.2 Å². The lowest BCUT2D eigenvalue weighted by Crippen LogP contribution is -2.16. The smallest absolute Gasteiger partial charge is 0.147 e. The number of sulfone groups is 1. The summed E-state index contributed by atoms with van der Waals surface area (Å²) in [7, 11) is -2.89. The highest BCUT2D eigenvalue weighted by Crippen LogP contribution is 2.18. The summed E-state index contributed by atoms with van der Waals surface area (Å²) in [6.07, 6.45) is 1.85. The van der Waals surface area contributed by atoms with E-state index in [0.717, 1.165) is 5.56 Å². The van der Waals surface area contributed by atoms with Crippen molar-refractivity contribution in [1.82, 2.24) is 0 Å². The lowest BCUT2D eigenvalue weighted by atomic mass is 9.97. The van der Waals surface area contributed by atoms with Crippen molar-refractivity contribution in [2.75, 3.05) is 18.6 Å². The molecule has 0 bridgehead atoms. The maximum Gasteiger partial charge on any atom is 0.147 e. The molecule has 1 aromatic rings. The average Bonchev–Trinajstić information content (AvgIpc) is 2.19. The molecule has 0 saturated carbocycles. The summed E-state index contributed by atoms with van der Waals surface area (Å²) in [6, 6.07) is 9.80. The van der Waals surface area contributed by atoms with Gasteiger partial charge in [-0.05, 0) is 24.4 Å². The second-order valence-corrected chi connectivity index (χ2v) is 6.02. The lowest BCUT2D eigenvalue weighted by molar-refractivity contribution is 0.590. The summed E-state index contributed by atoms with van der Waals surface area (Å²) in [5, 5.41) is 0. The molecule has 4 heteroatoms. The normalized spacial score (nSPS) is 13.7. The van der Waals surface area contributed by atoms with E-state index < -0.39 is 9.84 Å². The first kappa shape index (κ1) is 12.2. The second kappa shape index (κ2) is 5.28. The largest absolute Gasteiger partial charge is 0.330 e. The molecule has 0 heterocycles. The van der Waals surface area contributed by atoms with Gasteiger partial charge in [-0.15, -0.1) is 0 Å². The quantitative estimate of drug-likeness (QED) is 0.821. The zero-order valence-corrected chi connectivity index (χ0v) is 9.70. The van der Waals surface area contributed by atoms with Gasteiger partial charge >= 0.3 is 0 Å². The Morgan fingerprint density at radius 3 is 2.33 bits per heavy atom. The summed E-state index contributed by atoms with van der Waals surface area (Å²) in [4.78, 5) is 0. The van der Waals surface area contributed by atoms with E-state index in [9.17, 15) is 8.42 Å². The van der Waals surface area contributed by atoms with Gasteiger partial charge in [0, 0.05) is 6.26 Å². The number of hydrogen-bond acceptors (Lipinski definition) is 3. The van der Waals surface area contributed by atoms with Crippen LogP contribution in [0.25, 0.3) is 0 Å². The molecule has 3 nitrogen and oxygen atoms in total. The zero-order chi connectivity index (χ0) is 11.3. The molecule has 1 aromatic carbocycles. The van der Waals surface area contributed by atoms with Crippen molar-refractivity contribution in [3.05, 3.63) is 35.9 Å². The molecule has 1 rings (SSSR count). The number of benzene rings is 1. The molecule has 0 aliphatic carbocycles. The van der Waals surface area contributed by atoms with Gasteiger partial charge < -0.3 is 5.73 Å². The first-order chi connectivity index (χ1) is 7.03. The summed E-state index contributed by atoms with van der Waals surface area (Å²) in [6.45, 7) is 0.486. The van der Waals surface area contributed by atoms with E-state index in [1.807, 2.05) is 30.3 Å². The Kier molecular flexibility index (Phi) is 4.29. The maximum atomic E-state index is 11.0. The molecule has 0 aromatic heterocycles. The summed E-state index contributed by atoms with van der Waals surface area (Å²) >= 11 is 0. The summed E-state index contributed by atoms with van der Waals surface area (Å²) in [5.74, 6) is 0.338. The second-order valence-electron chi connectivity index (χ2n) is 3.76. The Hall–Kier alpha value is -0.870. The van der Waals surface area contributed by atoms with Crippen LogP contribution in [0, 0.1) is 0 Å². The van der Waals surface area contributed by atoms with Crippen LogP contribution in [0.2, 0.25) is 0 Å². The molecule has 0 aliphatic heterocycles. The van der Waals surface area contributed by atoms with Crippen molar-refractivity contribution >= 4 is 9.84 Å². The van der Waals surface area contributed by atoms with Gasteiger partial charge in [-0.25, -0.2) is 8.42 Å².